The molecule has 10 heteroatoms. The third-order valence-corrected chi connectivity index (χ3v) is 5.66. The molecule has 0 unspecified atom stereocenters. The number of halogens is 5. The van der Waals surface area contributed by atoms with Gasteiger partial charge in [-0.2, -0.15) is 13.2 Å². The molecule has 2 aromatic rings. The zero-order valence-corrected chi connectivity index (χ0v) is 16.9. The van der Waals surface area contributed by atoms with Crippen LogP contribution in [0.2, 0.25) is 10.0 Å². The molecule has 0 aliphatic carbocycles. The van der Waals surface area contributed by atoms with E-state index in [1.165, 1.54) is 18.2 Å². The summed E-state index contributed by atoms with van der Waals surface area (Å²) in [7, 11) is -1.08. The Hall–Kier alpha value is -1.74. The summed E-state index contributed by atoms with van der Waals surface area (Å²) >= 11 is 11.8. The smallest absolute Gasteiger partial charge is 0.423 e. The molecular weight excluding hydrogens is 429 g/mol. The van der Waals surface area contributed by atoms with Crippen molar-refractivity contribution >= 4 is 41.5 Å². The van der Waals surface area contributed by atoms with E-state index in [4.69, 9.17) is 32.7 Å². The van der Waals surface area contributed by atoms with Gasteiger partial charge in [0.15, 0.2) is 0 Å². The van der Waals surface area contributed by atoms with Gasteiger partial charge in [-0.1, -0.05) is 40.5 Å². The van der Waals surface area contributed by atoms with Crippen molar-refractivity contribution < 1.29 is 27.7 Å². The third kappa shape index (κ3) is 3.32. The van der Waals surface area contributed by atoms with E-state index in [2.05, 4.69) is 5.16 Å². The normalized spacial score (nSPS) is 23.0. The maximum atomic E-state index is 14.1. The van der Waals surface area contributed by atoms with Crippen LogP contribution in [0.25, 0.3) is 0 Å². The molecule has 0 aromatic heterocycles. The molecule has 4 nitrogen and oxygen atoms in total. The summed E-state index contributed by atoms with van der Waals surface area (Å²) in [5.74, 6) is 0. The lowest BCUT2D eigenvalue weighted by molar-refractivity contribution is -0.275. The van der Waals surface area contributed by atoms with E-state index < -0.39 is 30.9 Å². The van der Waals surface area contributed by atoms with Gasteiger partial charge in [-0.25, -0.2) is 0 Å². The molecule has 2 aliphatic rings. The number of hydrogen-bond donors (Lipinski definition) is 1. The molecule has 152 valence electrons. The predicted molar refractivity (Wildman–Crippen MR) is 105 cm³/mol. The largest absolute Gasteiger partial charge is 0.492 e. The van der Waals surface area contributed by atoms with Crippen molar-refractivity contribution in [1.82, 2.24) is 0 Å². The second kappa shape index (κ2) is 6.64. The first-order valence-electron chi connectivity index (χ1n) is 8.72. The fourth-order valence-corrected chi connectivity index (χ4v) is 4.25. The standard InChI is InChI=1S/C19H15BCl2F3NO3/c1-17(2)14-5-10(3-4-15(14)20(27)28-17)16-9-18(29-26-16,19(23,24)25)11-6-12(21)8-13(22)7-11/h3-8,27H,9H2,1-2H3/t18-/m0/s1. The fourth-order valence-electron chi connectivity index (χ4n) is 3.72. The monoisotopic (exact) mass is 443 g/mol. The van der Waals surface area contributed by atoms with Gasteiger partial charge in [-0.3, -0.25) is 0 Å². The number of hydrogen-bond acceptors (Lipinski definition) is 4. The average molecular weight is 444 g/mol. The van der Waals surface area contributed by atoms with Crippen LogP contribution in [-0.4, -0.2) is 24.0 Å². The van der Waals surface area contributed by atoms with E-state index in [0.717, 1.165) is 0 Å². The second-order valence-corrected chi connectivity index (χ2v) is 8.44. The minimum absolute atomic E-state index is 0.0681. The molecule has 0 saturated carbocycles. The molecule has 0 amide bonds. The molecule has 0 radical (unpaired) electrons. The number of nitrogens with zero attached hydrogens (tertiary/aromatic N) is 1. The van der Waals surface area contributed by atoms with E-state index in [-0.39, 0.29) is 21.3 Å². The Morgan fingerprint density at radius 3 is 2.38 bits per heavy atom. The number of fused-ring (bicyclic) bond motifs is 1. The van der Waals surface area contributed by atoms with Crippen LogP contribution in [0.3, 0.4) is 0 Å². The third-order valence-electron chi connectivity index (χ3n) is 5.22. The minimum Gasteiger partial charge on any atom is -0.423 e. The molecule has 0 spiro atoms. The van der Waals surface area contributed by atoms with E-state index in [0.29, 0.717) is 16.6 Å². The molecule has 29 heavy (non-hydrogen) atoms. The number of alkyl halides is 3. The maximum absolute atomic E-state index is 14.1. The first-order valence-corrected chi connectivity index (χ1v) is 9.48. The van der Waals surface area contributed by atoms with E-state index in [1.807, 2.05) is 0 Å². The second-order valence-electron chi connectivity index (χ2n) is 7.57. The van der Waals surface area contributed by atoms with E-state index >= 15 is 0 Å². The summed E-state index contributed by atoms with van der Waals surface area (Å²) in [5.41, 5.74) is -1.87. The van der Waals surface area contributed by atoms with Gasteiger partial charge in [0.05, 0.1) is 11.3 Å². The van der Waals surface area contributed by atoms with Gasteiger partial charge in [-0.15, -0.1) is 0 Å². The Morgan fingerprint density at radius 2 is 1.76 bits per heavy atom. The number of benzene rings is 2. The van der Waals surface area contributed by atoms with E-state index in [9.17, 15) is 18.2 Å². The van der Waals surface area contributed by atoms with Crippen LogP contribution in [0.4, 0.5) is 13.2 Å². The average Bonchev–Trinajstić information content (AvgIpc) is 3.14. The summed E-state index contributed by atoms with van der Waals surface area (Å²) in [5, 5.41) is 13.9. The minimum atomic E-state index is -4.76. The van der Waals surface area contributed by atoms with Crippen molar-refractivity contribution in [2.24, 2.45) is 5.16 Å². The maximum Gasteiger partial charge on any atom is 0.492 e. The number of oxime groups is 1. The molecule has 1 atom stereocenters. The summed E-state index contributed by atoms with van der Waals surface area (Å²) in [6.07, 6.45) is -5.31. The Labute approximate surface area is 175 Å². The molecular formula is C19H15BCl2F3NO3. The highest BCUT2D eigenvalue weighted by Gasteiger charge is 2.62. The predicted octanol–water partition coefficient (Wildman–Crippen LogP) is 4.53. The number of rotatable bonds is 2. The SMILES string of the molecule is CC1(C)OB(O)c2ccc(C3=NO[C@@](c4cc(Cl)cc(Cl)c4)(C(F)(F)F)C3)cc21. The fraction of sp³-hybridized carbons (Fsp3) is 0.316. The zero-order valence-electron chi connectivity index (χ0n) is 15.3. The molecule has 0 fully saturated rings. The summed E-state index contributed by atoms with van der Waals surface area (Å²) in [6.45, 7) is 3.54. The van der Waals surface area contributed by atoms with Crippen LogP contribution >= 0.6 is 23.2 Å². The van der Waals surface area contributed by atoms with Crippen molar-refractivity contribution in [1.29, 1.82) is 0 Å². The molecule has 0 saturated heterocycles. The highest BCUT2D eigenvalue weighted by Crippen LogP contribution is 2.49. The van der Waals surface area contributed by atoms with Gasteiger partial charge in [-0.05, 0) is 54.7 Å². The van der Waals surface area contributed by atoms with Crippen LogP contribution in [0.1, 0.15) is 37.0 Å². The van der Waals surface area contributed by atoms with E-state index in [1.54, 1.807) is 32.0 Å². The van der Waals surface area contributed by atoms with Crippen LogP contribution in [-0.2, 0) is 20.7 Å². The summed E-state index contributed by atoms with van der Waals surface area (Å²) in [4.78, 5) is 5.03. The summed E-state index contributed by atoms with van der Waals surface area (Å²) < 4.78 is 47.8. The Kier molecular flexibility index (Phi) is 4.70. The van der Waals surface area contributed by atoms with Crippen molar-refractivity contribution in [2.75, 3.05) is 0 Å². The summed E-state index contributed by atoms with van der Waals surface area (Å²) in [6, 6.07) is 8.58. The molecule has 2 heterocycles. The molecule has 0 bridgehead atoms. The van der Waals surface area contributed by atoms with Crippen molar-refractivity contribution in [3.05, 3.63) is 63.1 Å². The van der Waals surface area contributed by atoms with Gasteiger partial charge < -0.3 is 14.5 Å². The lowest BCUT2D eigenvalue weighted by Crippen LogP contribution is -2.42. The van der Waals surface area contributed by atoms with Crippen LogP contribution in [0.15, 0.2) is 41.6 Å². The lowest BCUT2D eigenvalue weighted by atomic mass is 9.77. The van der Waals surface area contributed by atoms with Crippen LogP contribution < -0.4 is 5.46 Å². The highest BCUT2D eigenvalue weighted by molar-refractivity contribution is 6.62. The van der Waals surface area contributed by atoms with Gasteiger partial charge in [0.25, 0.3) is 5.60 Å². The first kappa shape index (κ1) is 20.5. The van der Waals surface area contributed by atoms with Gasteiger partial charge in [0.1, 0.15) is 0 Å². The van der Waals surface area contributed by atoms with Crippen molar-refractivity contribution in [3.63, 3.8) is 0 Å². The van der Waals surface area contributed by atoms with Gasteiger partial charge in [0, 0.05) is 22.0 Å². The Morgan fingerprint density at radius 1 is 1.10 bits per heavy atom. The molecule has 4 rings (SSSR count). The van der Waals surface area contributed by atoms with Crippen LogP contribution in [0, 0.1) is 0 Å². The molecule has 2 aliphatic heterocycles. The highest BCUT2D eigenvalue weighted by atomic mass is 35.5. The lowest BCUT2D eigenvalue weighted by Gasteiger charge is -2.29. The first-order chi connectivity index (χ1) is 13.4. The Balaban J connectivity index is 1.75. The molecule has 2 aromatic carbocycles. The Bertz CT molecular complexity index is 1010. The quantitative estimate of drug-likeness (QED) is 0.694. The zero-order chi connectivity index (χ0) is 21.2. The molecule has 1 N–H and O–H groups in total. The van der Waals surface area contributed by atoms with Crippen molar-refractivity contribution in [2.45, 2.75) is 37.6 Å². The topological polar surface area (TPSA) is 51.0 Å². The van der Waals surface area contributed by atoms with Gasteiger partial charge in [0.2, 0.25) is 0 Å². The van der Waals surface area contributed by atoms with Crippen LogP contribution in [0.5, 0.6) is 0 Å². The van der Waals surface area contributed by atoms with Crippen molar-refractivity contribution in [3.8, 4) is 0 Å². The van der Waals surface area contributed by atoms with Gasteiger partial charge >= 0.3 is 13.3 Å².